The molecule has 6 heteroatoms. The summed E-state index contributed by atoms with van der Waals surface area (Å²) in [6.45, 7) is 1.91. The van der Waals surface area contributed by atoms with Crippen molar-refractivity contribution >= 4 is 22.6 Å². The third kappa shape index (κ3) is 2.29. The summed E-state index contributed by atoms with van der Waals surface area (Å²) >= 11 is 0. The van der Waals surface area contributed by atoms with Crippen molar-refractivity contribution in [1.29, 1.82) is 0 Å². The first-order valence-corrected chi connectivity index (χ1v) is 5.67. The molecule has 2 aromatic rings. The van der Waals surface area contributed by atoms with Crippen LogP contribution in [0.3, 0.4) is 0 Å². The normalized spacial score (nSPS) is 10.5. The number of carbonyl (C=O) groups excluding carboxylic acids is 1. The minimum Gasteiger partial charge on any atom is -0.494 e. The van der Waals surface area contributed by atoms with Gasteiger partial charge in [0.1, 0.15) is 22.6 Å². The molecule has 0 saturated carbocycles. The average molecular weight is 264 g/mol. The highest BCUT2D eigenvalue weighted by atomic mass is 19.1. The Morgan fingerprint density at radius 2 is 2.21 bits per heavy atom. The molecule has 0 unspecified atom stereocenters. The van der Waals surface area contributed by atoms with Crippen LogP contribution in [0, 0.1) is 5.82 Å². The lowest BCUT2D eigenvalue weighted by Gasteiger charge is -2.10. The van der Waals surface area contributed by atoms with Crippen LogP contribution in [0.4, 0.5) is 10.1 Å². The zero-order valence-corrected chi connectivity index (χ0v) is 10.6. The Hall–Kier alpha value is -2.37. The lowest BCUT2D eigenvalue weighted by Crippen LogP contribution is -2.09. The Labute approximate surface area is 109 Å². The minimum absolute atomic E-state index is 0.113. The number of fused-ring (bicyclic) bond motifs is 1. The number of hydrogen-bond donors (Lipinski definition) is 1. The molecule has 1 heterocycles. The number of esters is 1. The number of pyridine rings is 1. The van der Waals surface area contributed by atoms with Gasteiger partial charge >= 0.3 is 5.97 Å². The number of methoxy groups -OCH3 is 1. The molecule has 0 aliphatic rings. The Morgan fingerprint density at radius 3 is 2.84 bits per heavy atom. The molecule has 0 amide bonds. The second-order valence-corrected chi connectivity index (χ2v) is 3.81. The summed E-state index contributed by atoms with van der Waals surface area (Å²) in [5.74, 6) is -0.839. The number of nitrogens with zero attached hydrogens (tertiary/aromatic N) is 1. The van der Waals surface area contributed by atoms with E-state index in [2.05, 4.69) is 4.98 Å². The van der Waals surface area contributed by atoms with Crippen molar-refractivity contribution in [2.45, 2.75) is 6.92 Å². The van der Waals surface area contributed by atoms with Crippen molar-refractivity contribution in [3.8, 4) is 5.75 Å². The maximum Gasteiger partial charge on any atom is 0.341 e. The van der Waals surface area contributed by atoms with E-state index in [1.165, 1.54) is 25.4 Å². The maximum absolute atomic E-state index is 13.5. The lowest BCUT2D eigenvalue weighted by atomic mass is 10.1. The molecule has 0 aliphatic carbocycles. The van der Waals surface area contributed by atoms with Crippen molar-refractivity contribution in [2.75, 3.05) is 19.5 Å². The molecule has 2 rings (SSSR count). The molecular weight excluding hydrogens is 251 g/mol. The summed E-state index contributed by atoms with van der Waals surface area (Å²) in [4.78, 5) is 15.8. The van der Waals surface area contributed by atoms with Crippen LogP contribution in [0.2, 0.25) is 0 Å². The van der Waals surface area contributed by atoms with Crippen LogP contribution in [0.25, 0.3) is 10.9 Å². The zero-order chi connectivity index (χ0) is 14.0. The quantitative estimate of drug-likeness (QED) is 0.860. The largest absolute Gasteiger partial charge is 0.494 e. The van der Waals surface area contributed by atoms with Crippen LogP contribution in [-0.2, 0) is 4.74 Å². The Kier molecular flexibility index (Phi) is 3.50. The van der Waals surface area contributed by atoms with E-state index in [9.17, 15) is 9.18 Å². The number of carbonyl (C=O) groups is 1. The summed E-state index contributed by atoms with van der Waals surface area (Å²) < 4.78 is 23.4. The highest BCUT2D eigenvalue weighted by Gasteiger charge is 2.17. The van der Waals surface area contributed by atoms with Crippen LogP contribution >= 0.6 is 0 Å². The van der Waals surface area contributed by atoms with Gasteiger partial charge in [-0.3, -0.25) is 4.98 Å². The number of benzene rings is 1. The van der Waals surface area contributed by atoms with Crippen molar-refractivity contribution in [1.82, 2.24) is 4.98 Å². The van der Waals surface area contributed by atoms with E-state index in [1.807, 2.05) is 0 Å². The van der Waals surface area contributed by atoms with Crippen molar-refractivity contribution in [2.24, 2.45) is 0 Å². The Bertz CT molecular complexity index is 643. The maximum atomic E-state index is 13.5. The molecular formula is C13H13FN2O3. The number of halogens is 1. The van der Waals surface area contributed by atoms with Crippen molar-refractivity contribution < 1.29 is 18.7 Å². The van der Waals surface area contributed by atoms with Crippen LogP contribution in [-0.4, -0.2) is 24.7 Å². The second-order valence-electron chi connectivity index (χ2n) is 3.81. The fraction of sp³-hybridized carbons (Fsp3) is 0.231. The number of hydrogen-bond acceptors (Lipinski definition) is 5. The van der Waals surface area contributed by atoms with Gasteiger partial charge in [0.2, 0.25) is 0 Å². The van der Waals surface area contributed by atoms with Gasteiger partial charge in [0.15, 0.2) is 0 Å². The Morgan fingerprint density at radius 1 is 1.47 bits per heavy atom. The van der Waals surface area contributed by atoms with Crippen LogP contribution in [0.5, 0.6) is 5.75 Å². The van der Waals surface area contributed by atoms with E-state index < -0.39 is 11.8 Å². The number of aromatic nitrogens is 1. The first-order valence-electron chi connectivity index (χ1n) is 5.67. The monoisotopic (exact) mass is 264 g/mol. The number of rotatable bonds is 3. The van der Waals surface area contributed by atoms with Gasteiger partial charge in [-0.25, -0.2) is 9.18 Å². The predicted octanol–water partition coefficient (Wildman–Crippen LogP) is 2.14. The topological polar surface area (TPSA) is 74.4 Å². The summed E-state index contributed by atoms with van der Waals surface area (Å²) in [7, 11) is 1.41. The number of ether oxygens (including phenoxy) is 2. The fourth-order valence-corrected chi connectivity index (χ4v) is 1.78. The van der Waals surface area contributed by atoms with Gasteiger partial charge in [-0.2, -0.15) is 0 Å². The first-order chi connectivity index (χ1) is 9.08. The highest BCUT2D eigenvalue weighted by molar-refractivity contribution is 6.05. The minimum atomic E-state index is -0.586. The molecule has 0 saturated heterocycles. The molecule has 1 aromatic carbocycles. The zero-order valence-electron chi connectivity index (χ0n) is 10.6. The summed E-state index contributed by atoms with van der Waals surface area (Å²) in [6.07, 6.45) is 1.30. The smallest absolute Gasteiger partial charge is 0.341 e. The summed E-state index contributed by atoms with van der Waals surface area (Å²) in [5, 5.41) is 0.322. The van der Waals surface area contributed by atoms with E-state index in [0.717, 1.165) is 0 Å². The molecule has 0 atom stereocenters. The van der Waals surface area contributed by atoms with E-state index in [-0.39, 0.29) is 23.6 Å². The molecule has 1 aromatic heterocycles. The number of nitrogen functional groups attached to an aromatic ring is 1. The molecule has 0 radical (unpaired) electrons. The van der Waals surface area contributed by atoms with Gasteiger partial charge in [0.25, 0.3) is 0 Å². The van der Waals surface area contributed by atoms with E-state index in [0.29, 0.717) is 10.9 Å². The summed E-state index contributed by atoms with van der Waals surface area (Å²) in [6, 6.07) is 2.42. The second kappa shape index (κ2) is 5.09. The Balaban J connectivity index is 2.68. The fourth-order valence-electron chi connectivity index (χ4n) is 1.78. The molecule has 100 valence electrons. The van der Waals surface area contributed by atoms with Crippen LogP contribution < -0.4 is 10.5 Å². The third-order valence-electron chi connectivity index (χ3n) is 2.66. The third-order valence-corrected chi connectivity index (χ3v) is 2.66. The van der Waals surface area contributed by atoms with Crippen LogP contribution in [0.1, 0.15) is 17.3 Å². The van der Waals surface area contributed by atoms with Gasteiger partial charge in [0, 0.05) is 17.6 Å². The highest BCUT2D eigenvalue weighted by Crippen LogP contribution is 2.31. The predicted molar refractivity (Wildman–Crippen MR) is 68.6 cm³/mol. The molecule has 19 heavy (non-hydrogen) atoms. The van der Waals surface area contributed by atoms with Gasteiger partial charge in [0.05, 0.1) is 19.4 Å². The molecule has 0 spiro atoms. The molecule has 0 aliphatic heterocycles. The SMILES string of the molecule is CCOC(=O)c1cnc2c(OC)cc(F)cc2c1N. The molecule has 2 N–H and O–H groups in total. The van der Waals surface area contributed by atoms with Crippen LogP contribution in [0.15, 0.2) is 18.3 Å². The first kappa shape index (κ1) is 13.1. The van der Waals surface area contributed by atoms with Gasteiger partial charge in [-0.1, -0.05) is 0 Å². The van der Waals surface area contributed by atoms with Crippen molar-refractivity contribution in [3.63, 3.8) is 0 Å². The lowest BCUT2D eigenvalue weighted by molar-refractivity contribution is 0.0527. The van der Waals surface area contributed by atoms with Gasteiger partial charge < -0.3 is 15.2 Å². The molecule has 0 fully saturated rings. The number of anilines is 1. The van der Waals surface area contributed by atoms with E-state index >= 15 is 0 Å². The van der Waals surface area contributed by atoms with Crippen molar-refractivity contribution in [3.05, 3.63) is 29.7 Å². The van der Waals surface area contributed by atoms with E-state index in [4.69, 9.17) is 15.2 Å². The van der Waals surface area contributed by atoms with E-state index in [1.54, 1.807) is 6.92 Å². The molecule has 0 bridgehead atoms. The number of nitrogens with two attached hydrogens (primary N) is 1. The standard InChI is InChI=1S/C13H13FN2O3/c1-3-19-13(17)9-6-16-12-8(11(9)15)4-7(14)5-10(12)18-2/h4-6H,3H2,1-2H3,(H2,15,16). The van der Waals surface area contributed by atoms with Gasteiger partial charge in [-0.15, -0.1) is 0 Å². The van der Waals surface area contributed by atoms with Gasteiger partial charge in [-0.05, 0) is 13.0 Å². The summed E-state index contributed by atoms with van der Waals surface area (Å²) in [5.41, 5.74) is 6.52. The molecule has 5 nitrogen and oxygen atoms in total. The average Bonchev–Trinajstić information content (AvgIpc) is 2.39.